The lowest BCUT2D eigenvalue weighted by atomic mass is 10.1. The maximum absolute atomic E-state index is 12.2. The predicted molar refractivity (Wildman–Crippen MR) is 99.5 cm³/mol. The van der Waals surface area contributed by atoms with Crippen LogP contribution < -0.4 is 20.1 Å². The van der Waals surface area contributed by atoms with Gasteiger partial charge in [-0.3, -0.25) is 0 Å². The fraction of sp³-hybridized carbons (Fsp3) is 0.350. The van der Waals surface area contributed by atoms with Gasteiger partial charge < -0.3 is 20.1 Å². The van der Waals surface area contributed by atoms with Crippen LogP contribution in [0.2, 0.25) is 0 Å². The van der Waals surface area contributed by atoms with E-state index in [1.165, 1.54) is 0 Å². The second kappa shape index (κ2) is 10.4. The Morgan fingerprint density at radius 1 is 1.07 bits per heavy atom. The summed E-state index contributed by atoms with van der Waals surface area (Å²) in [5.74, 6) is 1.12. The van der Waals surface area contributed by atoms with Crippen molar-refractivity contribution in [2.75, 3.05) is 13.7 Å². The highest BCUT2D eigenvalue weighted by atomic mass is 19.3. The van der Waals surface area contributed by atoms with Crippen molar-refractivity contribution in [2.24, 2.45) is 0 Å². The molecule has 7 heteroatoms. The minimum absolute atomic E-state index is 0.0715. The van der Waals surface area contributed by atoms with Crippen LogP contribution >= 0.6 is 0 Å². The van der Waals surface area contributed by atoms with Gasteiger partial charge in [0.1, 0.15) is 18.1 Å². The molecule has 2 amide bonds. The minimum atomic E-state index is -2.52. The van der Waals surface area contributed by atoms with Gasteiger partial charge in [-0.05, 0) is 48.7 Å². The van der Waals surface area contributed by atoms with Crippen LogP contribution in [0.3, 0.4) is 0 Å². The Morgan fingerprint density at radius 3 is 2.44 bits per heavy atom. The third-order valence-electron chi connectivity index (χ3n) is 3.78. The van der Waals surface area contributed by atoms with Crippen molar-refractivity contribution in [1.29, 1.82) is 0 Å². The van der Waals surface area contributed by atoms with Crippen LogP contribution in [0.15, 0.2) is 48.5 Å². The number of hydrogen-bond donors (Lipinski definition) is 2. The zero-order valence-electron chi connectivity index (χ0n) is 15.4. The van der Waals surface area contributed by atoms with Crippen molar-refractivity contribution >= 4 is 6.03 Å². The molecule has 0 aliphatic rings. The molecule has 1 unspecified atom stereocenters. The van der Waals surface area contributed by atoms with E-state index in [9.17, 15) is 13.6 Å². The van der Waals surface area contributed by atoms with E-state index in [1.807, 2.05) is 31.2 Å². The molecule has 0 aliphatic heterocycles. The highest BCUT2D eigenvalue weighted by Crippen LogP contribution is 2.15. The van der Waals surface area contributed by atoms with Gasteiger partial charge in [0.05, 0.1) is 7.11 Å². The number of amides is 2. The quantitative estimate of drug-likeness (QED) is 0.698. The zero-order chi connectivity index (χ0) is 19.6. The molecule has 0 saturated carbocycles. The molecule has 0 radical (unpaired) electrons. The Balaban J connectivity index is 1.79. The van der Waals surface area contributed by atoms with Gasteiger partial charge in [0.15, 0.2) is 0 Å². The molecule has 0 saturated heterocycles. The molecular weight excluding hydrogens is 354 g/mol. The number of benzene rings is 2. The molecule has 2 aromatic rings. The monoisotopic (exact) mass is 378 g/mol. The number of methoxy groups -OCH3 is 1. The molecule has 0 spiro atoms. The van der Waals surface area contributed by atoms with Gasteiger partial charge in [0, 0.05) is 12.6 Å². The number of carbonyl (C=O) groups is 1. The van der Waals surface area contributed by atoms with Crippen LogP contribution in [0.1, 0.15) is 18.1 Å². The minimum Gasteiger partial charge on any atom is -0.497 e. The van der Waals surface area contributed by atoms with Gasteiger partial charge in [-0.1, -0.05) is 24.3 Å². The molecule has 0 heterocycles. The van der Waals surface area contributed by atoms with E-state index in [4.69, 9.17) is 9.47 Å². The first-order valence-electron chi connectivity index (χ1n) is 8.63. The van der Waals surface area contributed by atoms with Gasteiger partial charge in [-0.2, -0.15) is 0 Å². The number of halogens is 2. The van der Waals surface area contributed by atoms with Crippen LogP contribution in [-0.4, -0.2) is 32.2 Å². The van der Waals surface area contributed by atoms with E-state index < -0.39 is 13.0 Å². The Morgan fingerprint density at radius 2 is 1.74 bits per heavy atom. The van der Waals surface area contributed by atoms with Crippen molar-refractivity contribution in [1.82, 2.24) is 10.6 Å². The van der Waals surface area contributed by atoms with E-state index in [1.54, 1.807) is 31.4 Å². The summed E-state index contributed by atoms with van der Waals surface area (Å²) in [5.41, 5.74) is 1.82. The lowest BCUT2D eigenvalue weighted by molar-refractivity contribution is 0.0818. The molecule has 0 bridgehead atoms. The Hall–Kier alpha value is -2.83. The largest absolute Gasteiger partial charge is 0.497 e. The molecule has 146 valence electrons. The highest BCUT2D eigenvalue weighted by molar-refractivity contribution is 5.74. The molecule has 2 rings (SSSR count). The summed E-state index contributed by atoms with van der Waals surface area (Å²) in [6.07, 6.45) is -1.86. The van der Waals surface area contributed by atoms with Crippen molar-refractivity contribution < 1.29 is 23.0 Å². The van der Waals surface area contributed by atoms with Gasteiger partial charge >= 0.3 is 6.03 Å². The standard InChI is InChI=1S/C20H24F2N2O3/c1-14(9-15-5-3-7-17(10-15)26-2)24-20(25)23-12-16-6-4-8-18(11-16)27-13-19(21)22/h3-8,10-11,14,19H,9,12-13H2,1-2H3,(H2,23,24,25). The van der Waals surface area contributed by atoms with E-state index in [-0.39, 0.29) is 18.6 Å². The molecule has 27 heavy (non-hydrogen) atoms. The number of alkyl halides is 2. The van der Waals surface area contributed by atoms with Crippen LogP contribution in [-0.2, 0) is 13.0 Å². The first-order chi connectivity index (χ1) is 13.0. The number of carbonyl (C=O) groups excluding carboxylic acids is 1. The normalized spacial score (nSPS) is 11.7. The van der Waals surface area contributed by atoms with Crippen molar-refractivity contribution in [2.45, 2.75) is 32.4 Å². The van der Waals surface area contributed by atoms with E-state index in [2.05, 4.69) is 10.6 Å². The van der Waals surface area contributed by atoms with E-state index >= 15 is 0 Å². The average molecular weight is 378 g/mol. The van der Waals surface area contributed by atoms with Crippen LogP contribution in [0, 0.1) is 0 Å². The lowest BCUT2D eigenvalue weighted by Crippen LogP contribution is -2.41. The molecule has 0 aromatic heterocycles. The molecule has 2 aromatic carbocycles. The smallest absolute Gasteiger partial charge is 0.315 e. The first-order valence-corrected chi connectivity index (χ1v) is 8.63. The Bertz CT molecular complexity index is 741. The summed E-state index contributed by atoms with van der Waals surface area (Å²) in [6, 6.07) is 14.0. The summed E-state index contributed by atoms with van der Waals surface area (Å²) in [7, 11) is 1.61. The van der Waals surface area contributed by atoms with E-state index in [0.29, 0.717) is 12.2 Å². The van der Waals surface area contributed by atoms with Crippen LogP contribution in [0.25, 0.3) is 0 Å². The average Bonchev–Trinajstić information content (AvgIpc) is 2.65. The molecular formula is C20H24F2N2O3. The molecule has 2 N–H and O–H groups in total. The van der Waals surface area contributed by atoms with Gasteiger partial charge in [-0.15, -0.1) is 0 Å². The second-order valence-electron chi connectivity index (χ2n) is 6.13. The number of nitrogens with one attached hydrogen (secondary N) is 2. The van der Waals surface area contributed by atoms with Crippen molar-refractivity contribution in [3.8, 4) is 11.5 Å². The van der Waals surface area contributed by atoms with Gasteiger partial charge in [0.2, 0.25) is 0 Å². The second-order valence-corrected chi connectivity index (χ2v) is 6.13. The summed E-state index contributed by atoms with van der Waals surface area (Å²) < 4.78 is 34.6. The fourth-order valence-corrected chi connectivity index (χ4v) is 2.57. The molecule has 5 nitrogen and oxygen atoms in total. The fourth-order valence-electron chi connectivity index (χ4n) is 2.57. The van der Waals surface area contributed by atoms with Crippen molar-refractivity contribution in [3.05, 3.63) is 59.7 Å². The first kappa shape index (κ1) is 20.5. The maximum atomic E-state index is 12.2. The van der Waals surface area contributed by atoms with Crippen LogP contribution in [0.5, 0.6) is 11.5 Å². The SMILES string of the molecule is COc1cccc(CC(C)NC(=O)NCc2cccc(OCC(F)F)c2)c1. The lowest BCUT2D eigenvalue weighted by Gasteiger charge is -2.15. The molecule has 0 aliphatic carbocycles. The van der Waals surface area contributed by atoms with Crippen molar-refractivity contribution in [3.63, 3.8) is 0 Å². The summed E-state index contributed by atoms with van der Waals surface area (Å²) >= 11 is 0. The highest BCUT2D eigenvalue weighted by Gasteiger charge is 2.09. The third kappa shape index (κ3) is 7.52. The topological polar surface area (TPSA) is 59.6 Å². The third-order valence-corrected chi connectivity index (χ3v) is 3.78. The van der Waals surface area contributed by atoms with E-state index in [0.717, 1.165) is 16.9 Å². The number of hydrogen-bond acceptors (Lipinski definition) is 3. The summed E-state index contributed by atoms with van der Waals surface area (Å²) in [5, 5.41) is 5.62. The number of ether oxygens (including phenoxy) is 2. The van der Waals surface area contributed by atoms with Crippen LogP contribution in [0.4, 0.5) is 13.6 Å². The number of urea groups is 1. The molecule has 1 atom stereocenters. The predicted octanol–water partition coefficient (Wildman–Crippen LogP) is 3.77. The Labute approximate surface area is 157 Å². The maximum Gasteiger partial charge on any atom is 0.315 e. The molecule has 0 fully saturated rings. The van der Waals surface area contributed by atoms with Gasteiger partial charge in [-0.25, -0.2) is 13.6 Å². The van der Waals surface area contributed by atoms with Gasteiger partial charge in [0.25, 0.3) is 6.43 Å². The Kier molecular flexibility index (Phi) is 7.85. The summed E-state index contributed by atoms with van der Waals surface area (Å²) in [4.78, 5) is 12.1. The zero-order valence-corrected chi connectivity index (χ0v) is 15.4. The summed E-state index contributed by atoms with van der Waals surface area (Å²) in [6.45, 7) is 1.53. The number of rotatable bonds is 9.